The largest absolute Gasteiger partial charge is 0.486 e. The molecule has 0 unspecified atom stereocenters. The Labute approximate surface area is 154 Å². The van der Waals surface area contributed by atoms with Crippen molar-refractivity contribution in [3.05, 3.63) is 59.4 Å². The molecule has 2 aromatic rings. The van der Waals surface area contributed by atoms with Gasteiger partial charge in [-0.25, -0.2) is 4.39 Å². The molecule has 25 heavy (non-hydrogen) atoms. The van der Waals surface area contributed by atoms with E-state index < -0.39 is 0 Å². The third-order valence-electron chi connectivity index (χ3n) is 5.18. The van der Waals surface area contributed by atoms with Gasteiger partial charge in [-0.3, -0.25) is 0 Å². The number of hydrogen-bond donors (Lipinski definition) is 1. The van der Waals surface area contributed by atoms with Crippen LogP contribution in [0.4, 0.5) is 10.1 Å². The SMILES string of the molecule is CNC[C@H]1Oc2ccccc2[C@@H]1N1CC(C)(C)c2cccc(F)c21.Cl. The summed E-state index contributed by atoms with van der Waals surface area (Å²) in [6.07, 6.45) is -0.0336. The van der Waals surface area contributed by atoms with Gasteiger partial charge in [-0.1, -0.05) is 44.2 Å². The van der Waals surface area contributed by atoms with Crippen LogP contribution in [0, 0.1) is 5.82 Å². The van der Waals surface area contributed by atoms with Crippen LogP contribution in [0.5, 0.6) is 5.75 Å². The number of fused-ring (bicyclic) bond motifs is 2. The first-order valence-corrected chi connectivity index (χ1v) is 8.49. The van der Waals surface area contributed by atoms with Gasteiger partial charge in [-0.15, -0.1) is 12.4 Å². The maximum Gasteiger partial charge on any atom is 0.146 e. The number of anilines is 1. The highest BCUT2D eigenvalue weighted by molar-refractivity contribution is 5.85. The Morgan fingerprint density at radius 1 is 1.20 bits per heavy atom. The Morgan fingerprint density at radius 2 is 1.96 bits per heavy atom. The molecule has 2 atom stereocenters. The molecule has 0 aliphatic carbocycles. The van der Waals surface area contributed by atoms with Crippen LogP contribution in [0.2, 0.25) is 0 Å². The zero-order valence-electron chi connectivity index (χ0n) is 14.8. The van der Waals surface area contributed by atoms with Crippen LogP contribution in [-0.4, -0.2) is 26.2 Å². The molecule has 2 aliphatic rings. The summed E-state index contributed by atoms with van der Waals surface area (Å²) in [4.78, 5) is 2.21. The molecule has 4 rings (SSSR count). The number of benzene rings is 2. The average molecular weight is 363 g/mol. The molecule has 2 heterocycles. The van der Waals surface area contributed by atoms with Gasteiger partial charge >= 0.3 is 0 Å². The van der Waals surface area contributed by atoms with Crippen LogP contribution in [0.15, 0.2) is 42.5 Å². The van der Waals surface area contributed by atoms with Crippen molar-refractivity contribution in [1.82, 2.24) is 5.32 Å². The van der Waals surface area contributed by atoms with Crippen LogP contribution in [0.1, 0.15) is 31.0 Å². The first-order valence-electron chi connectivity index (χ1n) is 8.49. The van der Waals surface area contributed by atoms with Crippen molar-refractivity contribution in [2.45, 2.75) is 31.4 Å². The standard InChI is InChI=1S/C20H23FN2O.ClH/c1-20(2)12-23(19-14(20)8-6-9-15(19)21)18-13-7-4-5-10-16(13)24-17(18)11-22-3;/h4-10,17-18,22H,11-12H2,1-3H3;1H/t17-,18+;/m1./s1. The molecule has 0 saturated carbocycles. The average Bonchev–Trinajstić information content (AvgIpc) is 3.03. The van der Waals surface area contributed by atoms with E-state index in [-0.39, 0.29) is 35.8 Å². The Bertz CT molecular complexity index is 780. The summed E-state index contributed by atoms with van der Waals surface area (Å²) in [5.41, 5.74) is 2.87. The minimum absolute atomic E-state index is 0. The van der Waals surface area contributed by atoms with E-state index >= 15 is 0 Å². The summed E-state index contributed by atoms with van der Waals surface area (Å²) < 4.78 is 20.9. The van der Waals surface area contributed by atoms with Crippen molar-refractivity contribution in [3.8, 4) is 5.75 Å². The van der Waals surface area contributed by atoms with Gasteiger partial charge in [0.15, 0.2) is 0 Å². The maximum atomic E-state index is 14.7. The first kappa shape index (κ1) is 18.0. The molecule has 2 aliphatic heterocycles. The topological polar surface area (TPSA) is 24.5 Å². The van der Waals surface area contributed by atoms with Crippen molar-refractivity contribution in [1.29, 1.82) is 0 Å². The van der Waals surface area contributed by atoms with E-state index in [2.05, 4.69) is 30.1 Å². The fourth-order valence-electron chi connectivity index (χ4n) is 4.16. The highest BCUT2D eigenvalue weighted by Crippen LogP contribution is 2.50. The van der Waals surface area contributed by atoms with Crippen molar-refractivity contribution < 1.29 is 9.13 Å². The van der Waals surface area contributed by atoms with Gasteiger partial charge in [0.25, 0.3) is 0 Å². The summed E-state index contributed by atoms with van der Waals surface area (Å²) in [5.74, 6) is 0.760. The van der Waals surface area contributed by atoms with Crippen molar-refractivity contribution in [3.63, 3.8) is 0 Å². The van der Waals surface area contributed by atoms with Crippen molar-refractivity contribution in [2.24, 2.45) is 0 Å². The number of hydrogen-bond acceptors (Lipinski definition) is 3. The number of ether oxygens (including phenoxy) is 1. The lowest BCUT2D eigenvalue weighted by atomic mass is 9.87. The second-order valence-electron chi connectivity index (χ2n) is 7.34. The van der Waals surface area contributed by atoms with E-state index in [1.54, 1.807) is 6.07 Å². The monoisotopic (exact) mass is 362 g/mol. The van der Waals surface area contributed by atoms with Gasteiger partial charge in [0, 0.05) is 24.1 Å². The van der Waals surface area contributed by atoms with Gasteiger partial charge in [0.05, 0.1) is 11.7 Å². The lowest BCUT2D eigenvalue weighted by molar-refractivity contribution is 0.200. The number of halogens is 2. The highest BCUT2D eigenvalue weighted by atomic mass is 35.5. The summed E-state index contributed by atoms with van der Waals surface area (Å²) >= 11 is 0. The van der Waals surface area contributed by atoms with Gasteiger partial charge in [0.2, 0.25) is 0 Å². The third-order valence-corrected chi connectivity index (χ3v) is 5.18. The number of nitrogens with zero attached hydrogens (tertiary/aromatic N) is 1. The van der Waals surface area contributed by atoms with Crippen molar-refractivity contribution >= 4 is 18.1 Å². The lowest BCUT2D eigenvalue weighted by Crippen LogP contribution is -2.41. The molecule has 2 aromatic carbocycles. The van der Waals surface area contributed by atoms with Gasteiger partial charge in [-0.05, 0) is 24.7 Å². The molecule has 0 radical (unpaired) electrons. The summed E-state index contributed by atoms with van der Waals surface area (Å²) in [6.45, 7) is 5.87. The summed E-state index contributed by atoms with van der Waals surface area (Å²) in [6, 6.07) is 13.5. The second-order valence-corrected chi connectivity index (χ2v) is 7.34. The zero-order chi connectivity index (χ0) is 16.9. The minimum atomic E-state index is -0.148. The molecule has 5 heteroatoms. The molecule has 134 valence electrons. The van der Waals surface area contributed by atoms with Gasteiger partial charge < -0.3 is 15.0 Å². The maximum absolute atomic E-state index is 14.7. The highest BCUT2D eigenvalue weighted by Gasteiger charge is 2.46. The number of likely N-dealkylation sites (N-methyl/N-ethyl adjacent to an activating group) is 1. The molecule has 0 spiro atoms. The molecular formula is C20H24ClFN2O. The van der Waals surface area contributed by atoms with E-state index in [0.29, 0.717) is 0 Å². The smallest absolute Gasteiger partial charge is 0.146 e. The summed E-state index contributed by atoms with van der Waals surface area (Å²) in [7, 11) is 1.92. The summed E-state index contributed by atoms with van der Waals surface area (Å²) in [5, 5.41) is 3.21. The number of para-hydroxylation sites is 2. The quantitative estimate of drug-likeness (QED) is 0.890. The van der Waals surface area contributed by atoms with Crippen LogP contribution in [-0.2, 0) is 5.41 Å². The first-order chi connectivity index (χ1) is 11.5. The fourth-order valence-corrected chi connectivity index (χ4v) is 4.16. The zero-order valence-corrected chi connectivity index (χ0v) is 15.6. The predicted molar refractivity (Wildman–Crippen MR) is 102 cm³/mol. The molecule has 0 saturated heterocycles. The Hall–Kier alpha value is -1.78. The van der Waals surface area contributed by atoms with Crippen molar-refractivity contribution in [2.75, 3.05) is 25.0 Å². The van der Waals surface area contributed by atoms with E-state index in [4.69, 9.17) is 4.74 Å². The molecule has 0 amide bonds. The van der Waals surface area contributed by atoms with Crippen LogP contribution in [0.3, 0.4) is 0 Å². The Balaban J connectivity index is 0.00000182. The minimum Gasteiger partial charge on any atom is -0.486 e. The van der Waals surface area contributed by atoms with E-state index in [1.807, 2.05) is 37.4 Å². The normalized spacial score (nSPS) is 22.8. The molecule has 0 bridgehead atoms. The molecule has 1 N–H and O–H groups in total. The molecule has 0 aromatic heterocycles. The van der Waals surface area contributed by atoms with Crippen LogP contribution in [0.25, 0.3) is 0 Å². The predicted octanol–water partition coefficient (Wildman–Crippen LogP) is 4.07. The Morgan fingerprint density at radius 3 is 2.72 bits per heavy atom. The second kappa shape index (κ2) is 6.50. The molecule has 3 nitrogen and oxygen atoms in total. The lowest BCUT2D eigenvalue weighted by Gasteiger charge is -2.32. The van der Waals surface area contributed by atoms with Crippen LogP contribution < -0.4 is 15.0 Å². The van der Waals surface area contributed by atoms with Gasteiger partial charge in [-0.2, -0.15) is 0 Å². The molecule has 0 fully saturated rings. The number of rotatable bonds is 3. The van der Waals surface area contributed by atoms with E-state index in [1.165, 1.54) is 0 Å². The number of nitrogens with one attached hydrogen (secondary N) is 1. The Kier molecular flexibility index (Phi) is 4.69. The third kappa shape index (κ3) is 2.77. The van der Waals surface area contributed by atoms with Gasteiger partial charge in [0.1, 0.15) is 17.7 Å². The van der Waals surface area contributed by atoms with E-state index in [0.717, 1.165) is 35.7 Å². The fraction of sp³-hybridized carbons (Fsp3) is 0.400. The molecular weight excluding hydrogens is 339 g/mol. The van der Waals surface area contributed by atoms with E-state index in [9.17, 15) is 4.39 Å². The van der Waals surface area contributed by atoms with Crippen LogP contribution >= 0.6 is 12.4 Å².